The summed E-state index contributed by atoms with van der Waals surface area (Å²) in [4.78, 5) is 19.6. The summed E-state index contributed by atoms with van der Waals surface area (Å²) in [6, 6.07) is 16.2. The average molecular weight is 424 g/mol. The van der Waals surface area contributed by atoms with Crippen LogP contribution in [0.4, 0.5) is 5.69 Å². The number of ether oxygens (including phenoxy) is 1. The van der Waals surface area contributed by atoms with Gasteiger partial charge in [0.05, 0.1) is 30.0 Å². The van der Waals surface area contributed by atoms with Gasteiger partial charge in [0.1, 0.15) is 0 Å². The molecule has 30 heavy (non-hydrogen) atoms. The second-order valence-corrected chi connectivity index (χ2v) is 8.12. The fraction of sp³-hybridized carbons (Fsp3) is 0.333. The van der Waals surface area contributed by atoms with Gasteiger partial charge in [0.25, 0.3) is 5.91 Å². The molecule has 0 bridgehead atoms. The Labute approximate surface area is 182 Å². The molecule has 3 aromatic rings. The lowest BCUT2D eigenvalue weighted by molar-refractivity contribution is 0.0303. The summed E-state index contributed by atoms with van der Waals surface area (Å²) in [5.74, 6) is -0.0227. The van der Waals surface area contributed by atoms with Crippen molar-refractivity contribution in [2.75, 3.05) is 31.6 Å². The van der Waals surface area contributed by atoms with Gasteiger partial charge in [-0.3, -0.25) is 9.78 Å². The number of halogens is 1. The molecule has 1 N–H and O–H groups in total. The first-order chi connectivity index (χ1) is 14.6. The largest absolute Gasteiger partial charge is 0.381 e. The third-order valence-electron chi connectivity index (χ3n) is 5.46. The van der Waals surface area contributed by atoms with Crippen molar-refractivity contribution in [3.05, 3.63) is 70.9 Å². The zero-order valence-corrected chi connectivity index (χ0v) is 17.9. The highest BCUT2D eigenvalue weighted by Crippen LogP contribution is 2.30. The van der Waals surface area contributed by atoms with E-state index in [1.165, 1.54) is 5.56 Å². The lowest BCUT2D eigenvalue weighted by Gasteiger charge is -2.28. The van der Waals surface area contributed by atoms with E-state index < -0.39 is 0 Å². The summed E-state index contributed by atoms with van der Waals surface area (Å²) in [5.41, 5.74) is 3.51. The highest BCUT2D eigenvalue weighted by atomic mass is 35.5. The van der Waals surface area contributed by atoms with Crippen LogP contribution in [0.5, 0.6) is 0 Å². The number of morpholine rings is 1. The number of benzene rings is 2. The van der Waals surface area contributed by atoms with Crippen LogP contribution in [0.1, 0.15) is 29.3 Å². The third-order valence-corrected chi connectivity index (χ3v) is 5.69. The average Bonchev–Trinajstić information content (AvgIpc) is 2.79. The van der Waals surface area contributed by atoms with Crippen LogP contribution in [-0.2, 0) is 11.2 Å². The van der Waals surface area contributed by atoms with E-state index in [0.29, 0.717) is 36.9 Å². The number of amides is 1. The lowest BCUT2D eigenvalue weighted by atomic mass is 10.0. The van der Waals surface area contributed by atoms with E-state index in [-0.39, 0.29) is 11.9 Å². The van der Waals surface area contributed by atoms with E-state index in [0.717, 1.165) is 29.4 Å². The van der Waals surface area contributed by atoms with E-state index in [1.807, 2.05) is 29.2 Å². The Kier molecular flexibility index (Phi) is 6.50. The van der Waals surface area contributed by atoms with Crippen LogP contribution >= 0.6 is 11.6 Å². The maximum atomic E-state index is 13.3. The van der Waals surface area contributed by atoms with Crippen LogP contribution in [0.15, 0.2) is 54.7 Å². The maximum Gasteiger partial charge on any atom is 0.257 e. The second-order valence-electron chi connectivity index (χ2n) is 7.68. The number of rotatable bonds is 6. The number of hydrogen-bond donors (Lipinski definition) is 1. The van der Waals surface area contributed by atoms with Crippen molar-refractivity contribution in [1.82, 2.24) is 9.88 Å². The number of carbonyl (C=O) groups is 1. The number of nitrogens with one attached hydrogen (secondary N) is 1. The lowest BCUT2D eigenvalue weighted by Crippen LogP contribution is -2.41. The van der Waals surface area contributed by atoms with Gasteiger partial charge in [0, 0.05) is 35.7 Å². The maximum absolute atomic E-state index is 13.3. The van der Waals surface area contributed by atoms with Gasteiger partial charge < -0.3 is 15.0 Å². The van der Waals surface area contributed by atoms with Gasteiger partial charge in [-0.2, -0.15) is 0 Å². The number of pyridine rings is 1. The topological polar surface area (TPSA) is 54.5 Å². The van der Waals surface area contributed by atoms with Crippen molar-refractivity contribution >= 4 is 34.1 Å². The SMILES string of the molecule is CC(CCc1ccccc1)Nc1c(C(=O)N2CCOCC2)cnc2ccc(Cl)cc12. The second kappa shape index (κ2) is 9.45. The Morgan fingerprint density at radius 2 is 1.97 bits per heavy atom. The standard InChI is InChI=1S/C24H26ClN3O2/c1-17(7-8-18-5-3-2-4-6-18)27-23-20-15-19(25)9-10-22(20)26-16-21(23)24(29)28-11-13-30-14-12-28/h2-6,9-10,15-17H,7-8,11-14H2,1H3,(H,26,27). The van der Waals surface area contributed by atoms with E-state index in [9.17, 15) is 4.79 Å². The molecular formula is C24H26ClN3O2. The highest BCUT2D eigenvalue weighted by Gasteiger charge is 2.23. The Bertz CT molecular complexity index is 1020. The molecule has 1 amide bonds. The van der Waals surface area contributed by atoms with Gasteiger partial charge in [-0.05, 0) is 43.5 Å². The zero-order chi connectivity index (χ0) is 20.9. The van der Waals surface area contributed by atoms with Gasteiger partial charge in [-0.25, -0.2) is 0 Å². The van der Waals surface area contributed by atoms with Crippen molar-refractivity contribution in [3.8, 4) is 0 Å². The molecule has 1 aliphatic heterocycles. The van der Waals surface area contributed by atoms with Crippen LogP contribution in [0.3, 0.4) is 0 Å². The minimum atomic E-state index is -0.0227. The predicted molar refractivity (Wildman–Crippen MR) is 121 cm³/mol. The number of hydrogen-bond acceptors (Lipinski definition) is 4. The number of nitrogens with zero attached hydrogens (tertiary/aromatic N) is 2. The molecule has 1 aromatic heterocycles. The minimum absolute atomic E-state index is 0.0227. The third kappa shape index (κ3) is 4.74. The van der Waals surface area contributed by atoms with Crippen LogP contribution in [0, 0.1) is 0 Å². The Morgan fingerprint density at radius 1 is 1.20 bits per heavy atom. The molecule has 1 fully saturated rings. The first kappa shape index (κ1) is 20.6. The van der Waals surface area contributed by atoms with Crippen molar-refractivity contribution in [1.29, 1.82) is 0 Å². The molecule has 6 heteroatoms. The number of anilines is 1. The quantitative estimate of drug-likeness (QED) is 0.619. The Balaban J connectivity index is 1.62. The molecule has 5 nitrogen and oxygen atoms in total. The Morgan fingerprint density at radius 3 is 2.73 bits per heavy atom. The van der Waals surface area contributed by atoms with Gasteiger partial charge in [-0.15, -0.1) is 0 Å². The molecule has 4 rings (SSSR count). The van der Waals surface area contributed by atoms with E-state index in [4.69, 9.17) is 16.3 Å². The van der Waals surface area contributed by atoms with Crippen molar-refractivity contribution in [2.45, 2.75) is 25.8 Å². The summed E-state index contributed by atoms with van der Waals surface area (Å²) in [6.45, 7) is 4.46. The first-order valence-corrected chi connectivity index (χ1v) is 10.8. The fourth-order valence-electron chi connectivity index (χ4n) is 3.77. The molecule has 0 aliphatic carbocycles. The van der Waals surface area contributed by atoms with Crippen molar-refractivity contribution < 1.29 is 9.53 Å². The molecule has 0 spiro atoms. The van der Waals surface area contributed by atoms with Crippen LogP contribution in [0.2, 0.25) is 5.02 Å². The summed E-state index contributed by atoms with van der Waals surface area (Å²) >= 11 is 6.28. The smallest absolute Gasteiger partial charge is 0.257 e. The van der Waals surface area contributed by atoms with Gasteiger partial charge in [-0.1, -0.05) is 41.9 Å². The molecule has 156 valence electrons. The summed E-state index contributed by atoms with van der Waals surface area (Å²) in [5, 5.41) is 5.09. The molecular weight excluding hydrogens is 398 g/mol. The monoisotopic (exact) mass is 423 g/mol. The van der Waals surface area contributed by atoms with Gasteiger partial charge in [0.15, 0.2) is 0 Å². The van der Waals surface area contributed by atoms with E-state index in [2.05, 4.69) is 41.5 Å². The van der Waals surface area contributed by atoms with Crippen LogP contribution in [0.25, 0.3) is 10.9 Å². The normalized spacial score (nSPS) is 15.2. The van der Waals surface area contributed by atoms with Gasteiger partial charge >= 0.3 is 0 Å². The summed E-state index contributed by atoms with van der Waals surface area (Å²) in [7, 11) is 0. The number of aromatic nitrogens is 1. The molecule has 1 aliphatic rings. The minimum Gasteiger partial charge on any atom is -0.381 e. The molecule has 2 aromatic carbocycles. The summed E-state index contributed by atoms with van der Waals surface area (Å²) in [6.07, 6.45) is 3.59. The van der Waals surface area contributed by atoms with Crippen molar-refractivity contribution in [3.63, 3.8) is 0 Å². The van der Waals surface area contributed by atoms with Crippen LogP contribution < -0.4 is 5.32 Å². The highest BCUT2D eigenvalue weighted by molar-refractivity contribution is 6.31. The molecule has 2 heterocycles. The molecule has 1 saturated heterocycles. The predicted octanol–water partition coefficient (Wildman–Crippen LogP) is 4.79. The van der Waals surface area contributed by atoms with E-state index in [1.54, 1.807) is 6.20 Å². The summed E-state index contributed by atoms with van der Waals surface area (Å²) < 4.78 is 5.40. The molecule has 0 saturated carbocycles. The molecule has 0 radical (unpaired) electrons. The first-order valence-electron chi connectivity index (χ1n) is 10.4. The van der Waals surface area contributed by atoms with Crippen molar-refractivity contribution in [2.24, 2.45) is 0 Å². The van der Waals surface area contributed by atoms with E-state index >= 15 is 0 Å². The number of fused-ring (bicyclic) bond motifs is 1. The van der Waals surface area contributed by atoms with Crippen LogP contribution in [-0.4, -0.2) is 48.1 Å². The Hall–Kier alpha value is -2.63. The molecule has 1 atom stereocenters. The molecule has 1 unspecified atom stereocenters. The number of carbonyl (C=O) groups excluding carboxylic acids is 1. The fourth-order valence-corrected chi connectivity index (χ4v) is 3.94. The zero-order valence-electron chi connectivity index (χ0n) is 17.1. The van der Waals surface area contributed by atoms with Gasteiger partial charge in [0.2, 0.25) is 0 Å². The number of aryl methyl sites for hydroxylation is 1.